The van der Waals surface area contributed by atoms with Crippen LogP contribution in [-0.2, 0) is 10.8 Å². The number of hydrogen-bond acceptors (Lipinski definition) is 0. The summed E-state index contributed by atoms with van der Waals surface area (Å²) in [5, 5.41) is 7.81. The smallest absolute Gasteiger partial charge is 0.0165 e. The molecule has 11 rings (SSSR count). The SMILES string of the molecule is CC1(C)c2ccccc2-c2ccc(-c3c4ccccc4c(-c4ccc(-c5ccc6c(c5)-c5ccc7ccccc7c5C6(C)C)cc4)c4ccccc34)cc21. The summed E-state index contributed by atoms with van der Waals surface area (Å²) in [7, 11) is 0. The molecule has 0 heteroatoms. The molecule has 0 nitrogen and oxygen atoms in total. The Labute approximate surface area is 317 Å². The Hall–Kier alpha value is -6.24. The third kappa shape index (κ3) is 4.26. The van der Waals surface area contributed by atoms with Crippen molar-refractivity contribution in [3.63, 3.8) is 0 Å². The quantitative estimate of drug-likeness (QED) is 0.162. The number of rotatable bonds is 3. The van der Waals surface area contributed by atoms with Gasteiger partial charge in [0.15, 0.2) is 0 Å². The number of benzene rings is 9. The summed E-state index contributed by atoms with van der Waals surface area (Å²) in [4.78, 5) is 0. The Morgan fingerprint density at radius 3 is 1.50 bits per heavy atom. The maximum absolute atomic E-state index is 2.47. The van der Waals surface area contributed by atoms with Crippen LogP contribution in [0.25, 0.3) is 88.0 Å². The molecular formula is C54H40. The molecule has 2 aliphatic carbocycles. The summed E-state index contributed by atoms with van der Waals surface area (Å²) in [5.41, 5.74) is 18.6. The zero-order chi connectivity index (χ0) is 36.3. The summed E-state index contributed by atoms with van der Waals surface area (Å²) in [5.74, 6) is 0. The molecule has 0 spiro atoms. The van der Waals surface area contributed by atoms with Gasteiger partial charge in [0.05, 0.1) is 0 Å². The van der Waals surface area contributed by atoms with Crippen molar-refractivity contribution >= 4 is 32.3 Å². The van der Waals surface area contributed by atoms with Crippen LogP contribution >= 0.6 is 0 Å². The fourth-order valence-corrected chi connectivity index (χ4v) is 10.2. The van der Waals surface area contributed by atoms with Crippen LogP contribution in [0.5, 0.6) is 0 Å². The van der Waals surface area contributed by atoms with E-state index < -0.39 is 0 Å². The molecule has 0 atom stereocenters. The molecule has 9 aromatic rings. The van der Waals surface area contributed by atoms with Crippen molar-refractivity contribution in [2.45, 2.75) is 38.5 Å². The Bertz CT molecular complexity index is 2970. The van der Waals surface area contributed by atoms with Gasteiger partial charge in [0.1, 0.15) is 0 Å². The molecule has 0 bridgehead atoms. The number of fused-ring (bicyclic) bond motifs is 10. The number of hydrogen-bond donors (Lipinski definition) is 0. The van der Waals surface area contributed by atoms with Crippen molar-refractivity contribution in [2.75, 3.05) is 0 Å². The molecule has 2 aliphatic rings. The highest BCUT2D eigenvalue weighted by molar-refractivity contribution is 6.21. The molecule has 0 aliphatic heterocycles. The van der Waals surface area contributed by atoms with Crippen LogP contribution in [0, 0.1) is 0 Å². The fourth-order valence-electron chi connectivity index (χ4n) is 10.2. The monoisotopic (exact) mass is 688 g/mol. The Balaban J connectivity index is 1.04. The van der Waals surface area contributed by atoms with E-state index in [4.69, 9.17) is 0 Å². The van der Waals surface area contributed by atoms with Crippen LogP contribution in [0.2, 0.25) is 0 Å². The van der Waals surface area contributed by atoms with Crippen molar-refractivity contribution in [3.05, 3.63) is 192 Å². The van der Waals surface area contributed by atoms with Crippen LogP contribution in [0.1, 0.15) is 49.9 Å². The van der Waals surface area contributed by atoms with Crippen molar-refractivity contribution < 1.29 is 0 Å². The van der Waals surface area contributed by atoms with Gasteiger partial charge in [-0.25, -0.2) is 0 Å². The predicted molar refractivity (Wildman–Crippen MR) is 230 cm³/mol. The molecule has 0 heterocycles. The van der Waals surface area contributed by atoms with E-state index in [1.807, 2.05) is 0 Å². The first-order chi connectivity index (χ1) is 26.3. The van der Waals surface area contributed by atoms with Crippen LogP contribution < -0.4 is 0 Å². The summed E-state index contributed by atoms with van der Waals surface area (Å²) in [6.07, 6.45) is 0. The second-order valence-corrected chi connectivity index (χ2v) is 16.4. The lowest BCUT2D eigenvalue weighted by Gasteiger charge is -2.23. The summed E-state index contributed by atoms with van der Waals surface area (Å²) < 4.78 is 0. The zero-order valence-electron chi connectivity index (χ0n) is 31.2. The van der Waals surface area contributed by atoms with Gasteiger partial charge in [0.25, 0.3) is 0 Å². The third-order valence-electron chi connectivity index (χ3n) is 12.8. The highest BCUT2D eigenvalue weighted by atomic mass is 14.4. The molecule has 9 aromatic carbocycles. The molecular weight excluding hydrogens is 649 g/mol. The first kappa shape index (κ1) is 31.3. The van der Waals surface area contributed by atoms with E-state index in [2.05, 4.69) is 198 Å². The van der Waals surface area contributed by atoms with Gasteiger partial charge in [-0.2, -0.15) is 0 Å². The predicted octanol–water partition coefficient (Wildman–Crippen LogP) is 14.8. The Morgan fingerprint density at radius 2 is 0.796 bits per heavy atom. The molecule has 0 N–H and O–H groups in total. The summed E-state index contributed by atoms with van der Waals surface area (Å²) in [6.45, 7) is 9.49. The van der Waals surface area contributed by atoms with Gasteiger partial charge in [-0.05, 0) is 122 Å². The highest BCUT2D eigenvalue weighted by Crippen LogP contribution is 2.53. The molecule has 0 saturated carbocycles. The first-order valence-electron chi connectivity index (χ1n) is 19.3. The van der Waals surface area contributed by atoms with Gasteiger partial charge in [-0.3, -0.25) is 0 Å². The van der Waals surface area contributed by atoms with Crippen LogP contribution in [0.15, 0.2) is 170 Å². The molecule has 0 saturated heterocycles. The van der Waals surface area contributed by atoms with Gasteiger partial charge >= 0.3 is 0 Å². The van der Waals surface area contributed by atoms with Crippen LogP contribution in [-0.4, -0.2) is 0 Å². The summed E-state index contributed by atoms with van der Waals surface area (Å²) >= 11 is 0. The van der Waals surface area contributed by atoms with Crippen molar-refractivity contribution in [3.8, 4) is 55.6 Å². The highest BCUT2D eigenvalue weighted by Gasteiger charge is 2.37. The molecule has 54 heavy (non-hydrogen) atoms. The second-order valence-electron chi connectivity index (χ2n) is 16.4. The molecule has 256 valence electrons. The lowest BCUT2D eigenvalue weighted by molar-refractivity contribution is 0.660. The third-order valence-corrected chi connectivity index (χ3v) is 12.8. The molecule has 0 fully saturated rings. The van der Waals surface area contributed by atoms with Crippen LogP contribution in [0.4, 0.5) is 0 Å². The Kier molecular flexibility index (Phi) is 6.46. The van der Waals surface area contributed by atoms with E-state index >= 15 is 0 Å². The fraction of sp³-hybridized carbons (Fsp3) is 0.111. The average Bonchev–Trinajstić information content (AvgIpc) is 3.59. The van der Waals surface area contributed by atoms with E-state index in [1.165, 1.54) is 110 Å². The van der Waals surface area contributed by atoms with E-state index in [-0.39, 0.29) is 10.8 Å². The minimum Gasteiger partial charge on any atom is -0.0619 e. The van der Waals surface area contributed by atoms with E-state index in [9.17, 15) is 0 Å². The minimum atomic E-state index is -0.0535. The van der Waals surface area contributed by atoms with Crippen molar-refractivity contribution in [2.24, 2.45) is 0 Å². The zero-order valence-corrected chi connectivity index (χ0v) is 31.2. The largest absolute Gasteiger partial charge is 0.0619 e. The first-order valence-corrected chi connectivity index (χ1v) is 19.3. The molecule has 0 amide bonds. The minimum absolute atomic E-state index is 0.0524. The van der Waals surface area contributed by atoms with Gasteiger partial charge in [0, 0.05) is 10.8 Å². The molecule has 0 unspecified atom stereocenters. The summed E-state index contributed by atoms with van der Waals surface area (Å²) in [6, 6.07) is 63.9. The van der Waals surface area contributed by atoms with Crippen LogP contribution in [0.3, 0.4) is 0 Å². The topological polar surface area (TPSA) is 0 Å². The standard InChI is InChI=1S/C54H40/c1-53(2)47-20-12-11-15-39(47)40-28-26-37(32-49(40)53)51-43-18-9-7-16-41(43)50(42-17-8-10-19-44(42)51)35-23-21-33(22-24-35)36-27-30-48-46(31-36)45-29-25-34-13-5-6-14-38(34)52(45)54(48,3)4/h5-32H,1-4H3. The lowest BCUT2D eigenvalue weighted by Crippen LogP contribution is -2.15. The lowest BCUT2D eigenvalue weighted by atomic mass is 9.80. The average molecular weight is 689 g/mol. The van der Waals surface area contributed by atoms with Gasteiger partial charge in [0.2, 0.25) is 0 Å². The van der Waals surface area contributed by atoms with Gasteiger partial charge < -0.3 is 0 Å². The van der Waals surface area contributed by atoms with E-state index in [1.54, 1.807) is 0 Å². The van der Waals surface area contributed by atoms with Crippen molar-refractivity contribution in [1.82, 2.24) is 0 Å². The van der Waals surface area contributed by atoms with Gasteiger partial charge in [-0.1, -0.05) is 185 Å². The molecule has 0 aromatic heterocycles. The van der Waals surface area contributed by atoms with E-state index in [0.717, 1.165) is 0 Å². The van der Waals surface area contributed by atoms with E-state index in [0.29, 0.717) is 0 Å². The maximum atomic E-state index is 2.47. The van der Waals surface area contributed by atoms with Crippen molar-refractivity contribution in [1.29, 1.82) is 0 Å². The maximum Gasteiger partial charge on any atom is 0.0165 e. The molecule has 0 radical (unpaired) electrons. The van der Waals surface area contributed by atoms with Gasteiger partial charge in [-0.15, -0.1) is 0 Å². The normalized spacial score (nSPS) is 14.6. The second kappa shape index (κ2) is 11.1. The Morgan fingerprint density at radius 1 is 0.296 bits per heavy atom.